The lowest BCUT2D eigenvalue weighted by atomic mass is 10.1. The Labute approximate surface area is 184 Å². The molecule has 30 heavy (non-hydrogen) atoms. The molecular formula is C22H21BrN2O4S. The van der Waals surface area contributed by atoms with E-state index in [2.05, 4.69) is 26.2 Å². The highest BCUT2D eigenvalue weighted by Crippen LogP contribution is 2.23. The Balaban J connectivity index is 1.76. The molecule has 0 unspecified atom stereocenters. The second kappa shape index (κ2) is 9.51. The normalized spacial score (nSPS) is 11.3. The molecule has 6 nitrogen and oxygen atoms in total. The van der Waals surface area contributed by atoms with Crippen molar-refractivity contribution in [2.75, 3.05) is 13.0 Å². The standard InChI is InChI=1S/C22H21BrN2O4S/c1-15-6-7-18(12-21(15)30(27,28)14-29-2)22(26)25-13-20-11-17(8-9-24-20)16-4-3-5-19(23)10-16/h3-12H,13-14H2,1-2H3,(H,25,26). The monoisotopic (exact) mass is 488 g/mol. The minimum Gasteiger partial charge on any atom is -0.368 e. The molecule has 0 aliphatic carbocycles. The van der Waals surface area contributed by atoms with Crippen molar-refractivity contribution in [3.05, 3.63) is 82.1 Å². The Bertz CT molecular complexity index is 1180. The Morgan fingerprint density at radius 1 is 1.10 bits per heavy atom. The average Bonchev–Trinajstić information content (AvgIpc) is 2.72. The molecule has 3 rings (SSSR count). The Morgan fingerprint density at radius 3 is 2.60 bits per heavy atom. The lowest BCUT2D eigenvalue weighted by molar-refractivity contribution is 0.0950. The molecule has 0 spiro atoms. The third-order valence-corrected chi connectivity index (χ3v) is 6.61. The van der Waals surface area contributed by atoms with Crippen molar-refractivity contribution in [2.45, 2.75) is 18.4 Å². The number of pyridine rings is 1. The Hall–Kier alpha value is -2.55. The van der Waals surface area contributed by atoms with Gasteiger partial charge in [0.05, 0.1) is 17.1 Å². The van der Waals surface area contributed by atoms with Crippen molar-refractivity contribution >= 4 is 31.7 Å². The number of rotatable bonds is 7. The highest BCUT2D eigenvalue weighted by Gasteiger charge is 2.19. The first-order valence-electron chi connectivity index (χ1n) is 9.11. The number of aromatic nitrogens is 1. The minimum absolute atomic E-state index is 0.0896. The number of carbonyl (C=O) groups is 1. The molecule has 0 fully saturated rings. The van der Waals surface area contributed by atoms with Crippen molar-refractivity contribution in [2.24, 2.45) is 0 Å². The van der Waals surface area contributed by atoms with Crippen LogP contribution in [0.15, 0.2) is 70.2 Å². The van der Waals surface area contributed by atoms with Crippen molar-refractivity contribution in [3.8, 4) is 11.1 Å². The summed E-state index contributed by atoms with van der Waals surface area (Å²) in [5.74, 6) is -0.816. The van der Waals surface area contributed by atoms with Gasteiger partial charge >= 0.3 is 0 Å². The van der Waals surface area contributed by atoms with Crippen LogP contribution in [0.5, 0.6) is 0 Å². The molecule has 0 aliphatic rings. The minimum atomic E-state index is -3.62. The number of nitrogens with one attached hydrogen (secondary N) is 1. The fourth-order valence-corrected chi connectivity index (χ4v) is 4.69. The van der Waals surface area contributed by atoms with Crippen LogP contribution in [0.3, 0.4) is 0 Å². The number of methoxy groups -OCH3 is 1. The second-order valence-corrected chi connectivity index (χ2v) is 9.55. The molecule has 0 saturated carbocycles. The van der Waals surface area contributed by atoms with Gasteiger partial charge < -0.3 is 10.1 Å². The summed E-state index contributed by atoms with van der Waals surface area (Å²) in [5.41, 5.74) is 3.54. The number of amides is 1. The number of carbonyl (C=O) groups excluding carboxylic acids is 1. The summed E-state index contributed by atoms with van der Waals surface area (Å²) in [6.07, 6.45) is 1.69. The zero-order valence-electron chi connectivity index (χ0n) is 16.6. The van der Waals surface area contributed by atoms with E-state index >= 15 is 0 Å². The SMILES string of the molecule is COCS(=O)(=O)c1cc(C(=O)NCc2cc(-c3cccc(Br)c3)ccn2)ccc1C. The summed E-state index contributed by atoms with van der Waals surface area (Å²) in [7, 11) is -2.30. The smallest absolute Gasteiger partial charge is 0.251 e. The molecule has 3 aromatic rings. The van der Waals surface area contributed by atoms with Crippen LogP contribution in [0.4, 0.5) is 0 Å². The van der Waals surface area contributed by atoms with Gasteiger partial charge in [0.2, 0.25) is 9.84 Å². The van der Waals surface area contributed by atoms with Gasteiger partial charge in [-0.25, -0.2) is 8.42 Å². The van der Waals surface area contributed by atoms with E-state index in [1.54, 1.807) is 25.3 Å². The van der Waals surface area contributed by atoms with Gasteiger partial charge in [0.25, 0.3) is 5.91 Å². The zero-order chi connectivity index (χ0) is 21.7. The lowest BCUT2D eigenvalue weighted by Crippen LogP contribution is -2.24. The number of hydrogen-bond acceptors (Lipinski definition) is 5. The Morgan fingerprint density at radius 2 is 1.87 bits per heavy atom. The molecule has 0 saturated heterocycles. The average molecular weight is 489 g/mol. The molecule has 2 aromatic carbocycles. The molecular weight excluding hydrogens is 468 g/mol. The first-order chi connectivity index (χ1) is 14.3. The van der Waals surface area contributed by atoms with E-state index < -0.39 is 15.8 Å². The summed E-state index contributed by atoms with van der Waals surface area (Å²) < 4.78 is 30.4. The van der Waals surface area contributed by atoms with Crippen LogP contribution in [0.2, 0.25) is 0 Å². The van der Waals surface area contributed by atoms with Crippen LogP contribution in [0, 0.1) is 6.92 Å². The van der Waals surface area contributed by atoms with E-state index in [0.717, 1.165) is 15.6 Å². The summed E-state index contributed by atoms with van der Waals surface area (Å²) >= 11 is 3.46. The number of benzene rings is 2. The second-order valence-electron chi connectivity index (χ2n) is 6.73. The molecule has 0 radical (unpaired) electrons. The fraction of sp³-hybridized carbons (Fsp3) is 0.182. The van der Waals surface area contributed by atoms with Gasteiger partial charge in [-0.1, -0.05) is 34.1 Å². The summed E-state index contributed by atoms with van der Waals surface area (Å²) in [6, 6.07) is 16.3. The highest BCUT2D eigenvalue weighted by molar-refractivity contribution is 9.10. The third kappa shape index (κ3) is 5.33. The van der Waals surface area contributed by atoms with Crippen molar-refractivity contribution < 1.29 is 17.9 Å². The van der Waals surface area contributed by atoms with E-state index in [1.165, 1.54) is 13.2 Å². The maximum Gasteiger partial charge on any atom is 0.251 e. The fourth-order valence-electron chi connectivity index (χ4n) is 2.99. The van der Waals surface area contributed by atoms with Crippen LogP contribution in [-0.2, 0) is 21.1 Å². The number of sulfone groups is 1. The van der Waals surface area contributed by atoms with E-state index in [4.69, 9.17) is 4.74 Å². The highest BCUT2D eigenvalue weighted by atomic mass is 79.9. The van der Waals surface area contributed by atoms with Gasteiger partial charge in [0.15, 0.2) is 5.94 Å². The van der Waals surface area contributed by atoms with Crippen molar-refractivity contribution in [3.63, 3.8) is 0 Å². The molecule has 0 atom stereocenters. The number of aryl methyl sites for hydroxylation is 1. The maximum absolute atomic E-state index is 12.6. The van der Waals surface area contributed by atoms with Crippen molar-refractivity contribution in [1.29, 1.82) is 0 Å². The van der Waals surface area contributed by atoms with Gasteiger partial charge in [0.1, 0.15) is 0 Å². The molecule has 1 aromatic heterocycles. The topological polar surface area (TPSA) is 85.4 Å². The summed E-state index contributed by atoms with van der Waals surface area (Å²) in [6.45, 7) is 1.90. The first kappa shape index (κ1) is 22.1. The number of halogens is 1. The number of hydrogen-bond donors (Lipinski definition) is 1. The largest absolute Gasteiger partial charge is 0.368 e. The Kier molecular flexibility index (Phi) is 7.02. The molecule has 1 heterocycles. The van der Waals surface area contributed by atoms with E-state index in [1.807, 2.05) is 36.4 Å². The van der Waals surface area contributed by atoms with E-state index in [-0.39, 0.29) is 22.9 Å². The third-order valence-electron chi connectivity index (χ3n) is 4.46. The molecule has 0 aliphatic heterocycles. The molecule has 156 valence electrons. The van der Waals surface area contributed by atoms with Crippen LogP contribution >= 0.6 is 15.9 Å². The predicted octanol–water partition coefficient (Wildman–Crippen LogP) is 4.13. The first-order valence-corrected chi connectivity index (χ1v) is 11.6. The summed E-state index contributed by atoms with van der Waals surface area (Å²) in [5, 5.41) is 2.80. The van der Waals surface area contributed by atoms with Gasteiger partial charge in [-0.2, -0.15) is 0 Å². The van der Waals surface area contributed by atoms with Crippen molar-refractivity contribution in [1.82, 2.24) is 10.3 Å². The molecule has 0 bridgehead atoms. The van der Waals surface area contributed by atoms with E-state index in [0.29, 0.717) is 11.3 Å². The molecule has 1 amide bonds. The molecule has 1 N–H and O–H groups in total. The summed E-state index contributed by atoms with van der Waals surface area (Å²) in [4.78, 5) is 17.0. The van der Waals surface area contributed by atoms with Crippen LogP contribution in [-0.4, -0.2) is 32.4 Å². The molecule has 8 heteroatoms. The van der Waals surface area contributed by atoms with Gasteiger partial charge in [-0.15, -0.1) is 0 Å². The van der Waals surface area contributed by atoms with Crippen LogP contribution < -0.4 is 5.32 Å². The predicted molar refractivity (Wildman–Crippen MR) is 119 cm³/mol. The quantitative estimate of drug-likeness (QED) is 0.540. The van der Waals surface area contributed by atoms with Gasteiger partial charge in [0, 0.05) is 23.3 Å². The number of nitrogens with zero attached hydrogens (tertiary/aromatic N) is 1. The van der Waals surface area contributed by atoms with Gasteiger partial charge in [-0.3, -0.25) is 9.78 Å². The zero-order valence-corrected chi connectivity index (χ0v) is 19.0. The lowest BCUT2D eigenvalue weighted by Gasteiger charge is -2.10. The van der Waals surface area contributed by atoms with Crippen LogP contribution in [0.25, 0.3) is 11.1 Å². The van der Waals surface area contributed by atoms with Crippen LogP contribution in [0.1, 0.15) is 21.6 Å². The van der Waals surface area contributed by atoms with E-state index in [9.17, 15) is 13.2 Å². The maximum atomic E-state index is 12.6. The van der Waals surface area contributed by atoms with Gasteiger partial charge in [-0.05, 0) is 60.0 Å². The number of ether oxygens (including phenoxy) is 1.